The van der Waals surface area contributed by atoms with Gasteiger partial charge >= 0.3 is 0 Å². The Morgan fingerprint density at radius 3 is 2.83 bits per heavy atom. The molecule has 0 amide bonds. The lowest BCUT2D eigenvalue weighted by Crippen LogP contribution is -2.18. The summed E-state index contributed by atoms with van der Waals surface area (Å²) in [6, 6.07) is 0.354. The fourth-order valence-corrected chi connectivity index (χ4v) is 0.945. The molecule has 0 aliphatic carbocycles. The maximum atomic E-state index is 5.29. The molecule has 0 saturated carbocycles. The second-order valence-electron chi connectivity index (χ2n) is 2.79. The van der Waals surface area contributed by atoms with Gasteiger partial charge in [-0.1, -0.05) is 0 Å². The molecule has 0 spiro atoms. The first-order valence-corrected chi connectivity index (χ1v) is 4.11. The second kappa shape index (κ2) is 3.53. The topological polar surface area (TPSA) is 55.9 Å². The third kappa shape index (κ3) is 2.20. The summed E-state index contributed by atoms with van der Waals surface area (Å²) in [6.07, 6.45) is 3.56. The van der Waals surface area contributed by atoms with Gasteiger partial charge in [0.2, 0.25) is 0 Å². The van der Waals surface area contributed by atoms with Gasteiger partial charge in [0.25, 0.3) is 0 Å². The maximum absolute atomic E-state index is 5.29. The maximum Gasteiger partial charge on any atom is 0.168 e. The fourth-order valence-electron chi connectivity index (χ4n) is 0.827. The van der Waals surface area contributed by atoms with Crippen LogP contribution < -0.4 is 11.1 Å². The number of nitrogens with zero attached hydrogens (tertiary/aromatic N) is 2. The van der Waals surface area contributed by atoms with Gasteiger partial charge in [-0.25, -0.2) is 0 Å². The number of thiocarbonyl (C=S) groups is 1. The Bertz CT molecular complexity index is 279. The Hall–Kier alpha value is -1.10. The van der Waals surface area contributed by atoms with Crippen molar-refractivity contribution >= 4 is 23.0 Å². The number of nitrogens with two attached hydrogens (primary N) is 1. The van der Waals surface area contributed by atoms with E-state index in [2.05, 4.69) is 36.5 Å². The number of hydrogen-bond donors (Lipinski definition) is 2. The minimum Gasteiger partial charge on any atom is -0.376 e. The monoisotopic (exact) mass is 184 g/mol. The first-order chi connectivity index (χ1) is 5.59. The molecular weight excluding hydrogens is 172 g/mol. The van der Waals surface area contributed by atoms with Crippen molar-refractivity contribution in [3.8, 4) is 0 Å². The van der Waals surface area contributed by atoms with Crippen LogP contribution in [0.25, 0.3) is 0 Å². The Kier molecular flexibility index (Phi) is 2.65. The van der Waals surface area contributed by atoms with Crippen LogP contribution in [-0.4, -0.2) is 14.9 Å². The van der Waals surface area contributed by atoms with Gasteiger partial charge in [-0.3, -0.25) is 4.68 Å². The van der Waals surface area contributed by atoms with Crippen molar-refractivity contribution < 1.29 is 0 Å². The summed E-state index contributed by atoms with van der Waals surface area (Å²) in [5.41, 5.74) is 6.12. The quantitative estimate of drug-likeness (QED) is 0.676. The van der Waals surface area contributed by atoms with E-state index in [9.17, 15) is 0 Å². The predicted octanol–water partition coefficient (Wildman–Crippen LogP) is 1.12. The van der Waals surface area contributed by atoms with Crippen molar-refractivity contribution in [2.24, 2.45) is 5.73 Å². The molecule has 3 N–H and O–H groups in total. The first-order valence-electron chi connectivity index (χ1n) is 3.70. The molecule has 0 aliphatic heterocycles. The van der Waals surface area contributed by atoms with Gasteiger partial charge < -0.3 is 11.1 Å². The van der Waals surface area contributed by atoms with Crippen LogP contribution >= 0.6 is 12.2 Å². The molecule has 1 aromatic rings. The zero-order chi connectivity index (χ0) is 9.14. The van der Waals surface area contributed by atoms with Gasteiger partial charge in [-0.2, -0.15) is 5.10 Å². The summed E-state index contributed by atoms with van der Waals surface area (Å²) in [5, 5.41) is 7.18. The van der Waals surface area contributed by atoms with E-state index in [-0.39, 0.29) is 5.11 Å². The minimum absolute atomic E-state index is 0.262. The van der Waals surface area contributed by atoms with Crippen molar-refractivity contribution in [1.29, 1.82) is 0 Å². The van der Waals surface area contributed by atoms with E-state index in [1.807, 2.05) is 10.9 Å². The number of anilines is 1. The Labute approximate surface area is 76.7 Å². The van der Waals surface area contributed by atoms with Crippen molar-refractivity contribution in [2.45, 2.75) is 19.9 Å². The van der Waals surface area contributed by atoms with Gasteiger partial charge in [0.15, 0.2) is 5.11 Å². The van der Waals surface area contributed by atoms with Crippen LogP contribution in [0.1, 0.15) is 19.9 Å². The highest BCUT2D eigenvalue weighted by Gasteiger charge is 2.00. The van der Waals surface area contributed by atoms with E-state index in [0.29, 0.717) is 6.04 Å². The summed E-state index contributed by atoms with van der Waals surface area (Å²) in [5.74, 6) is 0. The lowest BCUT2D eigenvalue weighted by atomic mass is 10.4. The highest BCUT2D eigenvalue weighted by Crippen LogP contribution is 2.08. The third-order valence-corrected chi connectivity index (χ3v) is 1.50. The fraction of sp³-hybridized carbons (Fsp3) is 0.429. The van der Waals surface area contributed by atoms with Crippen LogP contribution in [0.15, 0.2) is 12.4 Å². The van der Waals surface area contributed by atoms with Gasteiger partial charge in [0.05, 0.1) is 11.9 Å². The summed E-state index contributed by atoms with van der Waals surface area (Å²) in [7, 11) is 0. The molecule has 0 bridgehead atoms. The highest BCUT2D eigenvalue weighted by molar-refractivity contribution is 7.80. The van der Waals surface area contributed by atoms with Crippen molar-refractivity contribution in [3.63, 3.8) is 0 Å². The molecule has 0 radical (unpaired) electrons. The molecule has 0 fully saturated rings. The van der Waals surface area contributed by atoms with E-state index < -0.39 is 0 Å². The largest absolute Gasteiger partial charge is 0.376 e. The standard InChI is InChI=1S/C7H12N4S/c1-5(2)11-4-6(3-9-11)10-7(8)12/h3-5H,1-2H3,(H3,8,10,12). The predicted molar refractivity (Wildman–Crippen MR) is 53.0 cm³/mol. The van der Waals surface area contributed by atoms with E-state index in [1.165, 1.54) is 0 Å². The highest BCUT2D eigenvalue weighted by atomic mass is 32.1. The molecule has 1 aromatic heterocycles. The van der Waals surface area contributed by atoms with Gasteiger partial charge in [0, 0.05) is 12.2 Å². The molecule has 0 aromatic carbocycles. The minimum atomic E-state index is 0.262. The van der Waals surface area contributed by atoms with Crippen molar-refractivity contribution in [2.75, 3.05) is 5.32 Å². The van der Waals surface area contributed by atoms with Crippen LogP contribution in [0.5, 0.6) is 0 Å². The lowest BCUT2D eigenvalue weighted by molar-refractivity contribution is 0.532. The molecule has 1 heterocycles. The van der Waals surface area contributed by atoms with Gasteiger partial charge in [0.1, 0.15) is 0 Å². The Morgan fingerprint density at radius 2 is 2.42 bits per heavy atom. The van der Waals surface area contributed by atoms with E-state index >= 15 is 0 Å². The van der Waals surface area contributed by atoms with Crippen LogP contribution in [0.2, 0.25) is 0 Å². The van der Waals surface area contributed by atoms with Crippen LogP contribution in [-0.2, 0) is 0 Å². The molecule has 66 valence electrons. The van der Waals surface area contributed by atoms with Gasteiger partial charge in [-0.05, 0) is 26.1 Å². The average Bonchev–Trinajstić information content (AvgIpc) is 2.34. The third-order valence-electron chi connectivity index (χ3n) is 1.40. The number of nitrogens with one attached hydrogen (secondary N) is 1. The summed E-state index contributed by atoms with van der Waals surface area (Å²) in [4.78, 5) is 0. The van der Waals surface area contributed by atoms with E-state index in [1.54, 1.807) is 6.20 Å². The summed E-state index contributed by atoms with van der Waals surface area (Å²) < 4.78 is 1.83. The van der Waals surface area contributed by atoms with Crippen molar-refractivity contribution in [3.05, 3.63) is 12.4 Å². The summed E-state index contributed by atoms with van der Waals surface area (Å²) in [6.45, 7) is 4.11. The number of rotatable bonds is 2. The molecule has 4 nitrogen and oxygen atoms in total. The SMILES string of the molecule is CC(C)n1cc(NC(N)=S)cn1. The van der Waals surface area contributed by atoms with Crippen LogP contribution in [0.4, 0.5) is 5.69 Å². The molecule has 0 atom stereocenters. The van der Waals surface area contributed by atoms with Crippen LogP contribution in [0, 0.1) is 0 Å². The molecule has 12 heavy (non-hydrogen) atoms. The second-order valence-corrected chi connectivity index (χ2v) is 3.23. The first kappa shape index (κ1) is 8.99. The average molecular weight is 184 g/mol. The smallest absolute Gasteiger partial charge is 0.168 e. The van der Waals surface area contributed by atoms with E-state index in [0.717, 1.165) is 5.69 Å². The van der Waals surface area contributed by atoms with Gasteiger partial charge in [-0.15, -0.1) is 0 Å². The van der Waals surface area contributed by atoms with Crippen molar-refractivity contribution in [1.82, 2.24) is 9.78 Å². The zero-order valence-corrected chi connectivity index (χ0v) is 7.93. The number of aromatic nitrogens is 2. The van der Waals surface area contributed by atoms with Crippen LogP contribution in [0.3, 0.4) is 0 Å². The summed E-state index contributed by atoms with van der Waals surface area (Å²) >= 11 is 4.68. The number of hydrogen-bond acceptors (Lipinski definition) is 2. The lowest BCUT2D eigenvalue weighted by Gasteiger charge is -2.03. The Balaban J connectivity index is 2.70. The molecule has 0 aliphatic rings. The molecule has 0 saturated heterocycles. The zero-order valence-electron chi connectivity index (χ0n) is 7.11. The van der Waals surface area contributed by atoms with E-state index in [4.69, 9.17) is 5.73 Å². The molecule has 1 rings (SSSR count). The molecule has 5 heteroatoms. The molecular formula is C7H12N4S. The Morgan fingerprint density at radius 1 is 1.75 bits per heavy atom. The normalized spacial score (nSPS) is 10.2. The molecule has 0 unspecified atom stereocenters.